The van der Waals surface area contributed by atoms with Gasteiger partial charge in [0, 0.05) is 26.2 Å². The maximum absolute atomic E-state index is 12.5. The highest BCUT2D eigenvalue weighted by molar-refractivity contribution is 5.98. The second kappa shape index (κ2) is 8.88. The number of carbonyl (C=O) groups excluding carboxylic acids is 1. The molecule has 0 radical (unpaired) electrons. The maximum Gasteiger partial charge on any atom is 0.293 e. The zero-order chi connectivity index (χ0) is 20.0. The third-order valence-electron chi connectivity index (χ3n) is 3.90. The Bertz CT molecular complexity index is 819. The summed E-state index contributed by atoms with van der Waals surface area (Å²) in [5.41, 5.74) is 1.42. The molecule has 0 heterocycles. The van der Waals surface area contributed by atoms with Gasteiger partial charge in [0.25, 0.3) is 11.6 Å². The van der Waals surface area contributed by atoms with Crippen molar-refractivity contribution in [2.45, 2.75) is 6.92 Å². The first-order valence-electron chi connectivity index (χ1n) is 8.35. The quantitative estimate of drug-likeness (QED) is 0.434. The van der Waals surface area contributed by atoms with Crippen molar-refractivity contribution in [2.75, 3.05) is 39.3 Å². The molecular formula is C19H23N3O5. The van der Waals surface area contributed by atoms with Crippen LogP contribution in [0.4, 0.5) is 11.4 Å². The van der Waals surface area contributed by atoms with Crippen LogP contribution in [-0.2, 0) is 0 Å². The molecule has 1 N–H and O–H groups in total. The van der Waals surface area contributed by atoms with E-state index in [4.69, 9.17) is 9.47 Å². The number of amides is 1. The summed E-state index contributed by atoms with van der Waals surface area (Å²) in [6.45, 7) is 2.51. The first kappa shape index (κ1) is 20.0. The topological polar surface area (TPSA) is 93.9 Å². The number of nitro benzene ring substituents is 1. The smallest absolute Gasteiger partial charge is 0.293 e. The van der Waals surface area contributed by atoms with Gasteiger partial charge in [0.15, 0.2) is 0 Å². The van der Waals surface area contributed by atoms with Gasteiger partial charge < -0.3 is 19.7 Å². The number of hydrogen-bond donors (Lipinski definition) is 1. The van der Waals surface area contributed by atoms with Crippen molar-refractivity contribution in [3.8, 4) is 11.5 Å². The van der Waals surface area contributed by atoms with Gasteiger partial charge in [-0.3, -0.25) is 14.9 Å². The van der Waals surface area contributed by atoms with Crippen LogP contribution in [0.2, 0.25) is 0 Å². The zero-order valence-corrected chi connectivity index (χ0v) is 15.8. The van der Waals surface area contributed by atoms with Gasteiger partial charge in [0.05, 0.1) is 24.1 Å². The van der Waals surface area contributed by atoms with Crippen LogP contribution in [0.5, 0.6) is 11.5 Å². The molecule has 0 aliphatic heterocycles. The Labute approximate surface area is 157 Å². The Hall–Kier alpha value is -3.29. The van der Waals surface area contributed by atoms with E-state index in [0.717, 1.165) is 5.56 Å². The van der Waals surface area contributed by atoms with Gasteiger partial charge in [-0.25, -0.2) is 0 Å². The molecule has 0 aliphatic rings. The van der Waals surface area contributed by atoms with Crippen LogP contribution in [0.15, 0.2) is 36.4 Å². The number of nitro groups is 1. The summed E-state index contributed by atoms with van der Waals surface area (Å²) in [6.07, 6.45) is 0. The number of carbonyl (C=O) groups is 1. The lowest BCUT2D eigenvalue weighted by Crippen LogP contribution is -2.28. The van der Waals surface area contributed by atoms with E-state index < -0.39 is 10.8 Å². The largest absolute Gasteiger partial charge is 0.496 e. The second-order valence-corrected chi connectivity index (χ2v) is 6.11. The van der Waals surface area contributed by atoms with E-state index in [1.807, 2.05) is 31.2 Å². The molecule has 0 fully saturated rings. The summed E-state index contributed by atoms with van der Waals surface area (Å²) in [5, 5.41) is 14.0. The van der Waals surface area contributed by atoms with Crippen molar-refractivity contribution in [3.63, 3.8) is 0 Å². The lowest BCUT2D eigenvalue weighted by molar-refractivity contribution is -0.384. The highest BCUT2D eigenvalue weighted by Crippen LogP contribution is 2.34. The number of benzene rings is 2. The summed E-state index contributed by atoms with van der Waals surface area (Å²) >= 11 is 0. The minimum absolute atomic E-state index is 0.102. The fraction of sp³-hybridized carbons (Fsp3) is 0.316. The maximum atomic E-state index is 12.5. The summed E-state index contributed by atoms with van der Waals surface area (Å²) in [5.74, 6) is 0.507. The molecule has 0 atom stereocenters. The molecule has 0 aromatic heterocycles. The molecular weight excluding hydrogens is 350 g/mol. The first-order valence-corrected chi connectivity index (χ1v) is 8.35. The van der Waals surface area contributed by atoms with Gasteiger partial charge in [-0.15, -0.1) is 0 Å². The van der Waals surface area contributed by atoms with Crippen LogP contribution in [-0.4, -0.2) is 45.2 Å². The van der Waals surface area contributed by atoms with Gasteiger partial charge in [0.1, 0.15) is 23.8 Å². The molecule has 144 valence electrons. The van der Waals surface area contributed by atoms with Crippen molar-refractivity contribution in [1.82, 2.24) is 5.32 Å². The third kappa shape index (κ3) is 5.10. The Morgan fingerprint density at radius 2 is 1.89 bits per heavy atom. The summed E-state index contributed by atoms with van der Waals surface area (Å²) in [4.78, 5) is 24.9. The normalized spacial score (nSPS) is 10.2. The summed E-state index contributed by atoms with van der Waals surface area (Å²) < 4.78 is 10.8. The van der Waals surface area contributed by atoms with E-state index in [0.29, 0.717) is 11.4 Å². The minimum atomic E-state index is -0.522. The number of aryl methyl sites for hydroxylation is 1. The van der Waals surface area contributed by atoms with E-state index in [1.54, 1.807) is 19.0 Å². The summed E-state index contributed by atoms with van der Waals surface area (Å²) in [7, 11) is 4.78. The Kier molecular flexibility index (Phi) is 6.59. The number of ether oxygens (including phenoxy) is 2. The van der Waals surface area contributed by atoms with Crippen LogP contribution in [0.1, 0.15) is 15.9 Å². The molecule has 8 heteroatoms. The van der Waals surface area contributed by atoms with Crippen LogP contribution >= 0.6 is 0 Å². The number of rotatable bonds is 8. The average Bonchev–Trinajstić information content (AvgIpc) is 2.65. The van der Waals surface area contributed by atoms with E-state index in [1.165, 1.54) is 19.2 Å². The van der Waals surface area contributed by atoms with Crippen LogP contribution in [0, 0.1) is 17.0 Å². The number of nitrogens with zero attached hydrogens (tertiary/aromatic N) is 2. The Morgan fingerprint density at radius 3 is 2.44 bits per heavy atom. The van der Waals surface area contributed by atoms with Crippen LogP contribution in [0.3, 0.4) is 0 Å². The first-order chi connectivity index (χ1) is 12.8. The van der Waals surface area contributed by atoms with Gasteiger partial charge in [-0.1, -0.05) is 17.7 Å². The molecule has 0 bridgehead atoms. The third-order valence-corrected chi connectivity index (χ3v) is 3.90. The molecule has 0 saturated carbocycles. The second-order valence-electron chi connectivity index (χ2n) is 6.11. The molecule has 0 saturated heterocycles. The van der Waals surface area contributed by atoms with Crippen molar-refractivity contribution in [3.05, 3.63) is 57.6 Å². The molecule has 1 amide bonds. The minimum Gasteiger partial charge on any atom is -0.496 e. The highest BCUT2D eigenvalue weighted by Gasteiger charge is 2.23. The number of methoxy groups -OCH3 is 1. The highest BCUT2D eigenvalue weighted by atomic mass is 16.6. The average molecular weight is 373 g/mol. The fourth-order valence-corrected chi connectivity index (χ4v) is 2.47. The molecule has 0 unspecified atom stereocenters. The SMILES string of the molecule is COc1cc(N(C)C)c([N+](=O)[O-])cc1C(=O)NCCOc1ccc(C)cc1. The van der Waals surface area contributed by atoms with Crippen molar-refractivity contribution >= 4 is 17.3 Å². The van der Waals surface area contributed by atoms with Gasteiger partial charge in [0.2, 0.25) is 0 Å². The van der Waals surface area contributed by atoms with Crippen molar-refractivity contribution < 1.29 is 19.2 Å². The molecule has 2 rings (SSSR count). The lowest BCUT2D eigenvalue weighted by Gasteiger charge is -2.16. The van der Waals surface area contributed by atoms with E-state index in [2.05, 4.69) is 5.32 Å². The van der Waals surface area contributed by atoms with Crippen LogP contribution in [0.25, 0.3) is 0 Å². The number of anilines is 1. The molecule has 2 aromatic rings. The predicted octanol–water partition coefficient (Wildman–Crippen LogP) is 2.79. The standard InChI is InChI=1S/C19H23N3O5/c1-13-5-7-14(8-6-13)27-10-9-20-19(23)15-11-17(22(24)25)16(21(2)3)12-18(15)26-4/h5-8,11-12H,9-10H2,1-4H3,(H,20,23). The molecule has 0 spiro atoms. The molecule has 27 heavy (non-hydrogen) atoms. The van der Waals surface area contributed by atoms with Gasteiger partial charge in [-0.2, -0.15) is 0 Å². The summed E-state index contributed by atoms with van der Waals surface area (Å²) in [6, 6.07) is 10.3. The van der Waals surface area contributed by atoms with E-state index in [9.17, 15) is 14.9 Å². The van der Waals surface area contributed by atoms with Crippen molar-refractivity contribution in [2.24, 2.45) is 0 Å². The lowest BCUT2D eigenvalue weighted by atomic mass is 10.1. The van der Waals surface area contributed by atoms with Crippen LogP contribution < -0.4 is 19.7 Å². The predicted molar refractivity (Wildman–Crippen MR) is 103 cm³/mol. The number of nitrogens with one attached hydrogen (secondary N) is 1. The zero-order valence-electron chi connectivity index (χ0n) is 15.8. The molecule has 0 aliphatic carbocycles. The van der Waals surface area contributed by atoms with E-state index in [-0.39, 0.29) is 30.2 Å². The fourth-order valence-electron chi connectivity index (χ4n) is 2.47. The molecule has 2 aromatic carbocycles. The van der Waals surface area contributed by atoms with Gasteiger partial charge >= 0.3 is 0 Å². The Balaban J connectivity index is 2.07. The Morgan fingerprint density at radius 1 is 1.22 bits per heavy atom. The monoisotopic (exact) mass is 373 g/mol. The van der Waals surface area contributed by atoms with Crippen molar-refractivity contribution in [1.29, 1.82) is 0 Å². The van der Waals surface area contributed by atoms with Gasteiger partial charge in [-0.05, 0) is 19.1 Å². The number of hydrogen-bond acceptors (Lipinski definition) is 6. The van der Waals surface area contributed by atoms with E-state index >= 15 is 0 Å². The molecule has 8 nitrogen and oxygen atoms in total.